The smallest absolute Gasteiger partial charge is 0.255 e. The van der Waals surface area contributed by atoms with Gasteiger partial charge in [0.15, 0.2) is 0 Å². The summed E-state index contributed by atoms with van der Waals surface area (Å²) in [6.07, 6.45) is 1.66. The van der Waals surface area contributed by atoms with Crippen LogP contribution in [0.25, 0.3) is 0 Å². The Morgan fingerprint density at radius 3 is 3.00 bits per heavy atom. The van der Waals surface area contributed by atoms with E-state index in [0.717, 1.165) is 35.6 Å². The molecule has 0 spiro atoms. The molecule has 1 aliphatic heterocycles. The van der Waals surface area contributed by atoms with E-state index in [2.05, 4.69) is 9.97 Å². The Morgan fingerprint density at radius 1 is 1.38 bits per heavy atom. The zero-order chi connectivity index (χ0) is 9.26. The highest BCUT2D eigenvalue weighted by Gasteiger charge is 2.13. The first-order valence-corrected chi connectivity index (χ1v) is 5.38. The van der Waals surface area contributed by atoms with Crippen molar-refractivity contribution < 1.29 is 0 Å². The van der Waals surface area contributed by atoms with E-state index in [0.29, 0.717) is 0 Å². The Labute approximate surface area is 79.9 Å². The first-order valence-electron chi connectivity index (χ1n) is 4.22. The Balaban J connectivity index is 2.53. The molecule has 0 atom stereocenters. The molecule has 0 aromatic carbocycles. The van der Waals surface area contributed by atoms with Crippen LogP contribution in [0, 0.1) is 0 Å². The predicted molar refractivity (Wildman–Crippen MR) is 54.0 cm³/mol. The molecule has 0 aliphatic carbocycles. The molecule has 0 saturated carbocycles. The van der Waals surface area contributed by atoms with Crippen LogP contribution in [-0.2, 0) is 12.8 Å². The standard InChI is InChI=1S/C8H11N3OS/c9-8-10-6-2-4-13-3-1-5(6)7(12)11-8/h1-4H2,(H3,9,10,11,12). The Hall–Kier alpha value is -0.970. The summed E-state index contributed by atoms with van der Waals surface area (Å²) in [5, 5.41) is 0. The summed E-state index contributed by atoms with van der Waals surface area (Å²) in [5.74, 6) is 2.26. The maximum Gasteiger partial charge on any atom is 0.255 e. The lowest BCUT2D eigenvalue weighted by Crippen LogP contribution is -2.19. The van der Waals surface area contributed by atoms with Crippen LogP contribution in [0.2, 0.25) is 0 Å². The average molecular weight is 197 g/mol. The van der Waals surface area contributed by atoms with Crippen molar-refractivity contribution in [2.75, 3.05) is 17.2 Å². The van der Waals surface area contributed by atoms with Gasteiger partial charge in [0.2, 0.25) is 5.95 Å². The van der Waals surface area contributed by atoms with Crippen LogP contribution in [0.15, 0.2) is 4.79 Å². The summed E-state index contributed by atoms with van der Waals surface area (Å²) >= 11 is 1.85. The van der Waals surface area contributed by atoms with Crippen molar-refractivity contribution in [3.8, 4) is 0 Å². The van der Waals surface area contributed by atoms with Crippen molar-refractivity contribution >= 4 is 17.7 Å². The monoisotopic (exact) mass is 197 g/mol. The van der Waals surface area contributed by atoms with E-state index in [9.17, 15) is 4.79 Å². The zero-order valence-corrected chi connectivity index (χ0v) is 7.99. The molecule has 0 fully saturated rings. The fourth-order valence-corrected chi connectivity index (χ4v) is 2.36. The molecule has 70 valence electrons. The number of thioether (sulfide) groups is 1. The minimum Gasteiger partial charge on any atom is -0.369 e. The second-order valence-electron chi connectivity index (χ2n) is 2.99. The van der Waals surface area contributed by atoms with E-state index >= 15 is 0 Å². The number of nitrogens with two attached hydrogens (primary N) is 1. The summed E-state index contributed by atoms with van der Waals surface area (Å²) in [6, 6.07) is 0. The number of aromatic amines is 1. The molecule has 1 aliphatic rings. The number of aromatic nitrogens is 2. The zero-order valence-electron chi connectivity index (χ0n) is 7.17. The van der Waals surface area contributed by atoms with E-state index in [1.54, 1.807) is 0 Å². The average Bonchev–Trinajstić information content (AvgIpc) is 2.28. The third kappa shape index (κ3) is 1.70. The number of fused-ring (bicyclic) bond motifs is 1. The van der Waals surface area contributed by atoms with E-state index in [-0.39, 0.29) is 11.5 Å². The van der Waals surface area contributed by atoms with Gasteiger partial charge in [-0.1, -0.05) is 0 Å². The van der Waals surface area contributed by atoms with Gasteiger partial charge >= 0.3 is 0 Å². The minimum absolute atomic E-state index is 0.0648. The van der Waals surface area contributed by atoms with Crippen LogP contribution >= 0.6 is 11.8 Å². The van der Waals surface area contributed by atoms with Gasteiger partial charge < -0.3 is 5.73 Å². The highest BCUT2D eigenvalue weighted by molar-refractivity contribution is 7.99. The summed E-state index contributed by atoms with van der Waals surface area (Å²) in [5.41, 5.74) is 7.09. The van der Waals surface area contributed by atoms with Crippen molar-refractivity contribution in [2.45, 2.75) is 12.8 Å². The second kappa shape index (κ2) is 3.41. The molecule has 5 heteroatoms. The molecule has 0 bridgehead atoms. The van der Waals surface area contributed by atoms with Gasteiger partial charge in [-0.2, -0.15) is 11.8 Å². The third-order valence-corrected chi connectivity index (χ3v) is 3.08. The van der Waals surface area contributed by atoms with Crippen LogP contribution in [0.1, 0.15) is 11.3 Å². The summed E-state index contributed by atoms with van der Waals surface area (Å²) < 4.78 is 0. The molecular weight excluding hydrogens is 186 g/mol. The van der Waals surface area contributed by atoms with Crippen LogP contribution in [0.4, 0.5) is 5.95 Å². The lowest BCUT2D eigenvalue weighted by molar-refractivity contribution is 0.939. The number of H-pyrrole nitrogens is 1. The number of rotatable bonds is 0. The summed E-state index contributed by atoms with van der Waals surface area (Å²) in [7, 11) is 0. The molecule has 0 saturated heterocycles. The molecule has 13 heavy (non-hydrogen) atoms. The number of nitrogens with one attached hydrogen (secondary N) is 1. The normalized spacial score (nSPS) is 16.3. The quantitative estimate of drug-likeness (QED) is 0.622. The molecule has 3 N–H and O–H groups in total. The number of anilines is 1. The Bertz CT molecular complexity index is 374. The van der Waals surface area contributed by atoms with E-state index in [1.807, 2.05) is 11.8 Å². The van der Waals surface area contributed by atoms with Crippen LogP contribution in [0.5, 0.6) is 0 Å². The molecule has 1 aromatic heterocycles. The first kappa shape index (κ1) is 8.62. The van der Waals surface area contributed by atoms with Crippen LogP contribution in [0.3, 0.4) is 0 Å². The third-order valence-electron chi connectivity index (χ3n) is 2.10. The second-order valence-corrected chi connectivity index (χ2v) is 4.21. The van der Waals surface area contributed by atoms with Gasteiger partial charge in [-0.3, -0.25) is 9.78 Å². The highest BCUT2D eigenvalue weighted by Crippen LogP contribution is 2.15. The number of nitrogen functional groups attached to an aromatic ring is 1. The van der Waals surface area contributed by atoms with E-state index in [4.69, 9.17) is 5.73 Å². The highest BCUT2D eigenvalue weighted by atomic mass is 32.2. The summed E-state index contributed by atoms with van der Waals surface area (Å²) in [4.78, 5) is 18.1. The fraction of sp³-hybridized carbons (Fsp3) is 0.500. The van der Waals surface area contributed by atoms with Gasteiger partial charge in [0.1, 0.15) is 0 Å². The first-order chi connectivity index (χ1) is 6.27. The minimum atomic E-state index is -0.0648. The van der Waals surface area contributed by atoms with Gasteiger partial charge in [-0.15, -0.1) is 0 Å². The predicted octanol–water partition coefficient (Wildman–Crippen LogP) is 0.184. The maximum absolute atomic E-state index is 11.5. The molecule has 1 aromatic rings. The molecule has 2 heterocycles. The molecule has 0 radical (unpaired) electrons. The largest absolute Gasteiger partial charge is 0.369 e. The molecular formula is C8H11N3OS. The van der Waals surface area contributed by atoms with Crippen molar-refractivity contribution in [1.82, 2.24) is 9.97 Å². The van der Waals surface area contributed by atoms with Gasteiger partial charge in [-0.05, 0) is 24.3 Å². The SMILES string of the molecule is Nc1nc2c(c(=O)[nH]1)CCSCC2. The number of hydrogen-bond acceptors (Lipinski definition) is 4. The van der Waals surface area contributed by atoms with E-state index in [1.165, 1.54) is 0 Å². The van der Waals surface area contributed by atoms with Crippen molar-refractivity contribution in [2.24, 2.45) is 0 Å². The lowest BCUT2D eigenvalue weighted by Gasteiger charge is -2.02. The van der Waals surface area contributed by atoms with Gasteiger partial charge in [0.05, 0.1) is 5.69 Å². The maximum atomic E-state index is 11.5. The Kier molecular flexibility index (Phi) is 2.26. The number of nitrogens with zero attached hydrogens (tertiary/aromatic N) is 1. The summed E-state index contributed by atoms with van der Waals surface area (Å²) in [6.45, 7) is 0. The van der Waals surface area contributed by atoms with Crippen LogP contribution in [-0.4, -0.2) is 21.5 Å². The van der Waals surface area contributed by atoms with Crippen molar-refractivity contribution in [3.05, 3.63) is 21.6 Å². The van der Waals surface area contributed by atoms with Crippen LogP contribution < -0.4 is 11.3 Å². The van der Waals surface area contributed by atoms with Crippen molar-refractivity contribution in [3.63, 3.8) is 0 Å². The molecule has 0 amide bonds. The fourth-order valence-electron chi connectivity index (χ4n) is 1.47. The van der Waals surface area contributed by atoms with Gasteiger partial charge in [-0.25, -0.2) is 4.98 Å². The molecule has 2 rings (SSSR count). The number of hydrogen-bond donors (Lipinski definition) is 2. The Morgan fingerprint density at radius 2 is 2.15 bits per heavy atom. The van der Waals surface area contributed by atoms with E-state index < -0.39 is 0 Å². The molecule has 4 nitrogen and oxygen atoms in total. The van der Waals surface area contributed by atoms with Crippen molar-refractivity contribution in [1.29, 1.82) is 0 Å². The number of aryl methyl sites for hydroxylation is 1. The van der Waals surface area contributed by atoms with Gasteiger partial charge in [0, 0.05) is 5.56 Å². The van der Waals surface area contributed by atoms with Gasteiger partial charge in [0.25, 0.3) is 5.56 Å². The topological polar surface area (TPSA) is 71.8 Å². The lowest BCUT2D eigenvalue weighted by atomic mass is 10.1. The molecule has 0 unspecified atom stereocenters.